The van der Waals surface area contributed by atoms with Crippen molar-refractivity contribution in [1.29, 1.82) is 0 Å². The van der Waals surface area contributed by atoms with Crippen molar-refractivity contribution in [3.8, 4) is 0 Å². The van der Waals surface area contributed by atoms with Gasteiger partial charge in [-0.1, -0.05) is 35.3 Å². The van der Waals surface area contributed by atoms with Gasteiger partial charge in [0.2, 0.25) is 11.8 Å². The average molecular weight is 567 g/mol. The zero-order valence-electron chi connectivity index (χ0n) is 21.3. The highest BCUT2D eigenvalue weighted by Gasteiger charge is 2.40. The van der Waals surface area contributed by atoms with Crippen LogP contribution in [0.1, 0.15) is 43.0 Å². The lowest BCUT2D eigenvalue weighted by Gasteiger charge is -2.20. The van der Waals surface area contributed by atoms with E-state index < -0.39 is 0 Å². The number of hydrogen-bond acceptors (Lipinski definition) is 7. The molecule has 5 rings (SSSR count). The van der Waals surface area contributed by atoms with Gasteiger partial charge in [0.1, 0.15) is 12.1 Å². The first kappa shape index (κ1) is 26.8. The molecule has 0 spiro atoms. The van der Waals surface area contributed by atoms with Crippen LogP contribution in [0.4, 0.5) is 5.82 Å². The van der Waals surface area contributed by atoms with Crippen molar-refractivity contribution in [1.82, 2.24) is 35.4 Å². The zero-order valence-corrected chi connectivity index (χ0v) is 22.8. The summed E-state index contributed by atoms with van der Waals surface area (Å²) in [5, 5.41) is 19.8. The molecule has 2 amide bonds. The molecule has 1 aliphatic rings. The molecule has 0 unspecified atom stereocenters. The van der Waals surface area contributed by atoms with Crippen molar-refractivity contribution in [3.05, 3.63) is 82.4 Å². The summed E-state index contributed by atoms with van der Waals surface area (Å²) in [6.07, 6.45) is 4.51. The number of anilines is 1. The summed E-state index contributed by atoms with van der Waals surface area (Å²) in [6, 6.07) is 14.7. The molecule has 4 heterocycles. The van der Waals surface area contributed by atoms with Crippen LogP contribution < -0.4 is 15.5 Å². The minimum Gasteiger partial charge on any atom is -0.356 e. The second kappa shape index (κ2) is 12.0. The topological polar surface area (TPSA) is 117 Å². The van der Waals surface area contributed by atoms with Gasteiger partial charge in [0.25, 0.3) is 0 Å². The Bertz CT molecular complexity index is 1440. The lowest BCUT2D eigenvalue weighted by atomic mass is 9.91. The number of rotatable bonds is 9. The zero-order chi connectivity index (χ0) is 27.4. The molecule has 39 heavy (non-hydrogen) atoms. The van der Waals surface area contributed by atoms with E-state index in [1.165, 1.54) is 6.92 Å². The maximum Gasteiger partial charge on any atom is 0.225 e. The van der Waals surface area contributed by atoms with Gasteiger partial charge in [-0.25, -0.2) is 0 Å². The van der Waals surface area contributed by atoms with Crippen molar-refractivity contribution < 1.29 is 9.59 Å². The number of aromatic nitrogens is 5. The van der Waals surface area contributed by atoms with Crippen molar-refractivity contribution >= 4 is 46.5 Å². The fraction of sp³-hybridized carbons (Fsp3) is 0.333. The van der Waals surface area contributed by atoms with Crippen molar-refractivity contribution in [2.24, 2.45) is 5.92 Å². The molecule has 0 saturated carbocycles. The molecule has 0 aliphatic carbocycles. The number of benzene rings is 1. The molecule has 1 saturated heterocycles. The number of hydrogen-bond donors (Lipinski definition) is 2. The highest BCUT2D eigenvalue weighted by Crippen LogP contribution is 2.34. The standard InChI is InChI=1S/C27H28Cl2N8O2/c1-17(38)33-23(18-4-6-19(28)7-5-18)3-2-12-30-27(39)22-15-36(14-21(22)24-9-8-20(29)13-31-24)26-11-10-25-34-32-16-37(25)35-26/h4-11,13,16,21-23H,2-3,12,14-15H2,1H3,(H,30,39)(H,33,38)/t21-,22-,23+/m1/s1. The van der Waals surface area contributed by atoms with E-state index >= 15 is 0 Å². The van der Waals surface area contributed by atoms with Gasteiger partial charge in [0.05, 0.1) is 17.0 Å². The average Bonchev–Trinajstić information content (AvgIpc) is 3.58. The molecule has 2 N–H and O–H groups in total. The summed E-state index contributed by atoms with van der Waals surface area (Å²) < 4.78 is 1.62. The number of carbonyl (C=O) groups excluding carboxylic acids is 2. The third kappa shape index (κ3) is 6.46. The van der Waals surface area contributed by atoms with Crippen molar-refractivity contribution in [2.75, 3.05) is 24.5 Å². The molecular weight excluding hydrogens is 539 g/mol. The van der Waals surface area contributed by atoms with Crippen LogP contribution >= 0.6 is 23.2 Å². The smallest absolute Gasteiger partial charge is 0.225 e. The SMILES string of the molecule is CC(=O)N[C@@H](CCCNC(=O)[C@@H]1CN(c2ccc3nncn3n2)C[C@H]1c1ccc(Cl)cn1)c1ccc(Cl)cc1. The second-order valence-electron chi connectivity index (χ2n) is 9.58. The first-order chi connectivity index (χ1) is 18.9. The van der Waals surface area contributed by atoms with Crippen molar-refractivity contribution in [3.63, 3.8) is 0 Å². The molecule has 3 aromatic heterocycles. The van der Waals surface area contributed by atoms with Gasteiger partial charge in [-0.3, -0.25) is 14.6 Å². The van der Waals surface area contributed by atoms with Crippen LogP contribution in [0.25, 0.3) is 5.65 Å². The summed E-state index contributed by atoms with van der Waals surface area (Å²) in [5.41, 5.74) is 2.43. The van der Waals surface area contributed by atoms with Gasteiger partial charge in [-0.15, -0.1) is 15.3 Å². The molecule has 4 aromatic rings. The summed E-state index contributed by atoms with van der Waals surface area (Å²) in [7, 11) is 0. The van der Waals surface area contributed by atoms with E-state index in [1.807, 2.05) is 30.3 Å². The van der Waals surface area contributed by atoms with E-state index in [1.54, 1.807) is 35.2 Å². The Balaban J connectivity index is 1.25. The minimum atomic E-state index is -0.334. The Morgan fingerprint density at radius 3 is 2.59 bits per heavy atom. The molecule has 0 radical (unpaired) electrons. The van der Waals surface area contributed by atoms with Crippen LogP contribution in [0.15, 0.2) is 61.1 Å². The Morgan fingerprint density at radius 1 is 1.05 bits per heavy atom. The van der Waals surface area contributed by atoms with Gasteiger partial charge >= 0.3 is 0 Å². The number of nitrogens with zero attached hydrogens (tertiary/aromatic N) is 6. The molecule has 1 aromatic carbocycles. The third-order valence-electron chi connectivity index (χ3n) is 6.88. The predicted molar refractivity (Wildman–Crippen MR) is 149 cm³/mol. The van der Waals surface area contributed by atoms with Gasteiger partial charge in [-0.05, 0) is 54.8 Å². The number of pyridine rings is 1. The number of halogens is 2. The first-order valence-electron chi connectivity index (χ1n) is 12.7. The number of nitrogens with one attached hydrogen (secondary N) is 2. The fourth-order valence-electron chi connectivity index (χ4n) is 4.96. The number of carbonyl (C=O) groups is 2. The highest BCUT2D eigenvalue weighted by molar-refractivity contribution is 6.30. The van der Waals surface area contributed by atoms with Crippen LogP contribution in [0.3, 0.4) is 0 Å². The van der Waals surface area contributed by atoms with Crippen LogP contribution in [0.5, 0.6) is 0 Å². The molecule has 202 valence electrons. The van der Waals surface area contributed by atoms with Gasteiger partial charge in [-0.2, -0.15) is 4.52 Å². The number of fused-ring (bicyclic) bond motifs is 1. The summed E-state index contributed by atoms with van der Waals surface area (Å²) >= 11 is 12.1. The maximum absolute atomic E-state index is 13.5. The molecular formula is C27H28Cl2N8O2. The van der Waals surface area contributed by atoms with E-state index in [0.29, 0.717) is 48.2 Å². The maximum atomic E-state index is 13.5. The summed E-state index contributed by atoms with van der Waals surface area (Å²) in [5.74, 6) is 0.104. The molecule has 10 nitrogen and oxygen atoms in total. The van der Waals surface area contributed by atoms with E-state index in [9.17, 15) is 9.59 Å². The van der Waals surface area contributed by atoms with Crippen LogP contribution in [0.2, 0.25) is 10.0 Å². The minimum absolute atomic E-state index is 0.0489. The Morgan fingerprint density at radius 2 is 1.85 bits per heavy atom. The Kier molecular flexibility index (Phi) is 8.23. The number of amides is 2. The lowest BCUT2D eigenvalue weighted by Crippen LogP contribution is -2.36. The van der Waals surface area contributed by atoms with Gasteiger partial charge in [0, 0.05) is 49.4 Å². The monoisotopic (exact) mass is 566 g/mol. The quantitative estimate of drug-likeness (QED) is 0.296. The first-order valence-corrected chi connectivity index (χ1v) is 13.5. The highest BCUT2D eigenvalue weighted by atomic mass is 35.5. The van der Waals surface area contributed by atoms with Crippen LogP contribution in [0, 0.1) is 5.92 Å². The van der Waals surface area contributed by atoms with E-state index in [-0.39, 0.29) is 29.7 Å². The fourth-order valence-corrected chi connectivity index (χ4v) is 5.20. The van der Waals surface area contributed by atoms with E-state index in [0.717, 1.165) is 17.1 Å². The summed E-state index contributed by atoms with van der Waals surface area (Å²) in [4.78, 5) is 31.8. The summed E-state index contributed by atoms with van der Waals surface area (Å²) in [6.45, 7) is 3.04. The van der Waals surface area contributed by atoms with Gasteiger partial charge in [0.15, 0.2) is 5.65 Å². The molecule has 12 heteroatoms. The van der Waals surface area contributed by atoms with Crippen molar-refractivity contribution in [2.45, 2.75) is 31.7 Å². The largest absolute Gasteiger partial charge is 0.356 e. The Hall–Kier alpha value is -3.76. The lowest BCUT2D eigenvalue weighted by molar-refractivity contribution is -0.125. The second-order valence-corrected chi connectivity index (χ2v) is 10.5. The Labute approximate surface area is 235 Å². The normalized spacial score (nSPS) is 17.8. The molecule has 3 atom stereocenters. The van der Waals surface area contributed by atoms with Crippen LogP contribution in [-0.4, -0.2) is 56.2 Å². The van der Waals surface area contributed by atoms with E-state index in [2.05, 4.69) is 35.8 Å². The molecule has 0 bridgehead atoms. The predicted octanol–water partition coefficient (Wildman–Crippen LogP) is 3.82. The van der Waals surface area contributed by atoms with E-state index in [4.69, 9.17) is 23.2 Å². The molecule has 1 aliphatic heterocycles. The third-order valence-corrected chi connectivity index (χ3v) is 7.35. The van der Waals surface area contributed by atoms with Gasteiger partial charge < -0.3 is 15.5 Å². The molecule has 1 fully saturated rings. The van der Waals surface area contributed by atoms with Crippen LogP contribution in [-0.2, 0) is 9.59 Å².